The molecule has 0 aromatic heterocycles. The molecule has 0 spiro atoms. The number of nitrogens with one attached hydrogen (secondary N) is 1. The van der Waals surface area contributed by atoms with Crippen LogP contribution in [0.4, 0.5) is 0 Å². The SMILES string of the molecule is CC(C)c1ccc(C(O)CNC2(C)CCOC2C)cc1. The van der Waals surface area contributed by atoms with E-state index in [4.69, 9.17) is 4.74 Å². The van der Waals surface area contributed by atoms with Gasteiger partial charge in [-0.15, -0.1) is 0 Å². The Kier molecular flexibility index (Phi) is 4.84. The first-order valence-corrected chi connectivity index (χ1v) is 7.57. The quantitative estimate of drug-likeness (QED) is 0.869. The van der Waals surface area contributed by atoms with Gasteiger partial charge in [0.2, 0.25) is 0 Å². The summed E-state index contributed by atoms with van der Waals surface area (Å²) in [6.45, 7) is 9.96. The van der Waals surface area contributed by atoms with E-state index in [0.29, 0.717) is 12.5 Å². The standard InChI is InChI=1S/C17H27NO2/c1-12(2)14-5-7-15(8-6-14)16(19)11-18-17(4)9-10-20-13(17)3/h5-8,12-13,16,18-19H,9-11H2,1-4H3. The van der Waals surface area contributed by atoms with Crippen molar-refractivity contribution in [3.63, 3.8) is 0 Å². The molecule has 0 amide bonds. The van der Waals surface area contributed by atoms with Gasteiger partial charge in [-0.05, 0) is 37.3 Å². The summed E-state index contributed by atoms with van der Waals surface area (Å²) in [6.07, 6.45) is 0.714. The van der Waals surface area contributed by atoms with Gasteiger partial charge in [0.25, 0.3) is 0 Å². The monoisotopic (exact) mass is 277 g/mol. The molecule has 3 nitrogen and oxygen atoms in total. The van der Waals surface area contributed by atoms with Gasteiger partial charge in [-0.25, -0.2) is 0 Å². The second kappa shape index (κ2) is 6.25. The lowest BCUT2D eigenvalue weighted by Crippen LogP contribution is -2.49. The third-order valence-corrected chi connectivity index (χ3v) is 4.57. The maximum absolute atomic E-state index is 10.3. The van der Waals surface area contributed by atoms with Crippen molar-refractivity contribution in [3.05, 3.63) is 35.4 Å². The first kappa shape index (κ1) is 15.5. The summed E-state index contributed by atoms with van der Waals surface area (Å²) in [5.74, 6) is 0.523. The summed E-state index contributed by atoms with van der Waals surface area (Å²) in [5.41, 5.74) is 2.24. The summed E-state index contributed by atoms with van der Waals surface area (Å²) in [4.78, 5) is 0. The zero-order valence-corrected chi connectivity index (χ0v) is 13.0. The molecule has 1 fully saturated rings. The van der Waals surface area contributed by atoms with Gasteiger partial charge in [0, 0.05) is 18.7 Å². The minimum Gasteiger partial charge on any atom is -0.387 e. The van der Waals surface area contributed by atoms with E-state index in [-0.39, 0.29) is 11.6 Å². The average Bonchev–Trinajstić information content (AvgIpc) is 2.76. The smallest absolute Gasteiger partial charge is 0.0914 e. The van der Waals surface area contributed by atoms with Crippen molar-refractivity contribution in [1.82, 2.24) is 5.32 Å². The van der Waals surface area contributed by atoms with E-state index in [9.17, 15) is 5.11 Å². The van der Waals surface area contributed by atoms with Crippen molar-refractivity contribution in [2.45, 2.75) is 57.8 Å². The molecule has 2 N–H and O–H groups in total. The van der Waals surface area contributed by atoms with Crippen LogP contribution in [0.2, 0.25) is 0 Å². The molecular weight excluding hydrogens is 250 g/mol. The molecule has 1 aromatic carbocycles. The Hall–Kier alpha value is -0.900. The normalized spacial score (nSPS) is 28.0. The molecule has 0 radical (unpaired) electrons. The maximum atomic E-state index is 10.3. The van der Waals surface area contributed by atoms with Crippen molar-refractivity contribution >= 4 is 0 Å². The fourth-order valence-electron chi connectivity index (χ4n) is 2.62. The third kappa shape index (κ3) is 3.40. The van der Waals surface area contributed by atoms with Crippen molar-refractivity contribution in [1.29, 1.82) is 0 Å². The molecule has 3 atom stereocenters. The predicted octanol–water partition coefficient (Wildman–Crippen LogP) is 3.00. The molecule has 1 aliphatic heterocycles. The fourth-order valence-corrected chi connectivity index (χ4v) is 2.62. The van der Waals surface area contributed by atoms with E-state index >= 15 is 0 Å². The van der Waals surface area contributed by atoms with Crippen LogP contribution < -0.4 is 5.32 Å². The van der Waals surface area contributed by atoms with Crippen LogP contribution in [0.5, 0.6) is 0 Å². The van der Waals surface area contributed by atoms with E-state index in [1.54, 1.807) is 0 Å². The number of aliphatic hydroxyl groups excluding tert-OH is 1. The highest BCUT2D eigenvalue weighted by molar-refractivity contribution is 5.26. The van der Waals surface area contributed by atoms with E-state index in [0.717, 1.165) is 18.6 Å². The summed E-state index contributed by atoms with van der Waals surface area (Å²) in [6, 6.07) is 8.26. The van der Waals surface area contributed by atoms with Crippen LogP contribution in [0.3, 0.4) is 0 Å². The van der Waals surface area contributed by atoms with Gasteiger partial charge in [0.05, 0.1) is 12.2 Å². The van der Waals surface area contributed by atoms with E-state index in [1.807, 2.05) is 12.1 Å². The minimum absolute atomic E-state index is 0.0289. The van der Waals surface area contributed by atoms with E-state index in [2.05, 4.69) is 45.1 Å². The summed E-state index contributed by atoms with van der Waals surface area (Å²) < 4.78 is 5.60. The number of β-amino-alcohol motifs (C(OH)–C–C–N with tert-alkyl or cyclic N) is 1. The number of hydrogen-bond donors (Lipinski definition) is 2. The Labute approximate surface area is 122 Å². The molecule has 1 aromatic rings. The average molecular weight is 277 g/mol. The van der Waals surface area contributed by atoms with Crippen molar-refractivity contribution in [2.75, 3.05) is 13.2 Å². The van der Waals surface area contributed by atoms with E-state index in [1.165, 1.54) is 5.56 Å². The lowest BCUT2D eigenvalue weighted by atomic mass is 9.94. The van der Waals surface area contributed by atoms with Crippen LogP contribution in [-0.2, 0) is 4.74 Å². The minimum atomic E-state index is -0.471. The molecule has 3 heteroatoms. The third-order valence-electron chi connectivity index (χ3n) is 4.57. The Morgan fingerprint density at radius 3 is 2.40 bits per heavy atom. The van der Waals surface area contributed by atoms with Gasteiger partial charge in [0.1, 0.15) is 0 Å². The van der Waals surface area contributed by atoms with Crippen molar-refractivity contribution in [2.24, 2.45) is 0 Å². The highest BCUT2D eigenvalue weighted by atomic mass is 16.5. The summed E-state index contributed by atoms with van der Waals surface area (Å²) >= 11 is 0. The summed E-state index contributed by atoms with van der Waals surface area (Å²) in [7, 11) is 0. The van der Waals surface area contributed by atoms with Crippen LogP contribution in [0.15, 0.2) is 24.3 Å². The number of ether oxygens (including phenoxy) is 1. The number of aliphatic hydroxyl groups is 1. The Morgan fingerprint density at radius 2 is 1.90 bits per heavy atom. The van der Waals surface area contributed by atoms with Crippen LogP contribution >= 0.6 is 0 Å². The molecule has 0 bridgehead atoms. The van der Waals surface area contributed by atoms with Crippen LogP contribution in [-0.4, -0.2) is 29.9 Å². The van der Waals surface area contributed by atoms with E-state index < -0.39 is 6.10 Å². The zero-order valence-electron chi connectivity index (χ0n) is 13.0. The topological polar surface area (TPSA) is 41.5 Å². The van der Waals surface area contributed by atoms with Gasteiger partial charge in [-0.1, -0.05) is 38.1 Å². The van der Waals surface area contributed by atoms with Gasteiger partial charge in [-0.3, -0.25) is 0 Å². The summed E-state index contributed by atoms with van der Waals surface area (Å²) in [5, 5.41) is 13.8. The Balaban J connectivity index is 1.93. The molecule has 1 aliphatic rings. The molecule has 112 valence electrons. The first-order chi connectivity index (χ1) is 9.42. The lowest BCUT2D eigenvalue weighted by Gasteiger charge is -2.30. The van der Waals surface area contributed by atoms with Crippen molar-refractivity contribution < 1.29 is 9.84 Å². The molecule has 0 saturated carbocycles. The van der Waals surface area contributed by atoms with Crippen molar-refractivity contribution in [3.8, 4) is 0 Å². The highest BCUT2D eigenvalue weighted by Crippen LogP contribution is 2.26. The largest absolute Gasteiger partial charge is 0.387 e. The second-order valence-corrected chi connectivity index (χ2v) is 6.40. The number of benzene rings is 1. The Bertz CT molecular complexity index is 429. The van der Waals surface area contributed by atoms with Crippen LogP contribution in [0.1, 0.15) is 57.3 Å². The Morgan fingerprint density at radius 1 is 1.30 bits per heavy atom. The number of hydrogen-bond acceptors (Lipinski definition) is 3. The molecule has 1 heterocycles. The van der Waals surface area contributed by atoms with Gasteiger partial charge >= 0.3 is 0 Å². The molecular formula is C17H27NO2. The van der Waals surface area contributed by atoms with Gasteiger partial charge in [0.15, 0.2) is 0 Å². The zero-order chi connectivity index (χ0) is 14.8. The molecule has 20 heavy (non-hydrogen) atoms. The van der Waals surface area contributed by atoms with Crippen LogP contribution in [0.25, 0.3) is 0 Å². The lowest BCUT2D eigenvalue weighted by molar-refractivity contribution is 0.0800. The second-order valence-electron chi connectivity index (χ2n) is 6.40. The first-order valence-electron chi connectivity index (χ1n) is 7.57. The molecule has 3 unspecified atom stereocenters. The molecule has 1 saturated heterocycles. The van der Waals surface area contributed by atoms with Crippen LogP contribution in [0, 0.1) is 0 Å². The fraction of sp³-hybridized carbons (Fsp3) is 0.647. The molecule has 2 rings (SSSR count). The maximum Gasteiger partial charge on any atom is 0.0914 e. The highest BCUT2D eigenvalue weighted by Gasteiger charge is 2.36. The van der Waals surface area contributed by atoms with Gasteiger partial charge in [-0.2, -0.15) is 0 Å². The number of rotatable bonds is 5. The van der Waals surface area contributed by atoms with Gasteiger partial charge < -0.3 is 15.2 Å². The molecule has 0 aliphatic carbocycles. The predicted molar refractivity (Wildman–Crippen MR) is 81.9 cm³/mol.